The number of aryl methyl sites for hydroxylation is 1. The van der Waals surface area contributed by atoms with E-state index in [1.807, 2.05) is 54.2 Å². The van der Waals surface area contributed by atoms with E-state index in [9.17, 15) is 13.2 Å². The van der Waals surface area contributed by atoms with Crippen LogP contribution >= 0.6 is 11.6 Å². The van der Waals surface area contributed by atoms with E-state index >= 15 is 0 Å². The first-order valence-corrected chi connectivity index (χ1v) is 51.1. The van der Waals surface area contributed by atoms with Crippen LogP contribution in [0.15, 0.2) is 141 Å². The van der Waals surface area contributed by atoms with Crippen molar-refractivity contribution in [1.29, 1.82) is 0 Å². The lowest BCUT2D eigenvalue weighted by Crippen LogP contribution is -2.47. The number of ether oxygens (including phenoxy) is 1. The Balaban J connectivity index is 0.000000101. The summed E-state index contributed by atoms with van der Waals surface area (Å²) in [6, 6.07) is 29.1. The quantitative estimate of drug-likeness (QED) is 0.0502. The fourth-order valence-electron chi connectivity index (χ4n) is 25.8. The number of nitrogens with zero attached hydrogens (tertiary/aromatic N) is 19. The molecule has 8 atom stereocenters. The van der Waals surface area contributed by atoms with E-state index in [0.717, 1.165) is 178 Å². The summed E-state index contributed by atoms with van der Waals surface area (Å²) in [6.07, 6.45) is 38.3. The zero-order chi connectivity index (χ0) is 93.8. The summed E-state index contributed by atoms with van der Waals surface area (Å²) in [5.41, 5.74) is 11.6. The van der Waals surface area contributed by atoms with Crippen molar-refractivity contribution in [3.8, 4) is 91.7 Å². The van der Waals surface area contributed by atoms with Gasteiger partial charge in [-0.05, 0) is 309 Å². The Hall–Kier alpha value is -12.6. The first kappa shape index (κ1) is 89.0. The minimum absolute atomic E-state index is 0.404. The standard InChI is InChI=1S/C28H31FN6O2.C28H31FN6O.C27H28FN5O.C24H26ClN7/c1-16-17-2-4-18(5-3-17)21(16)13-20-14-23(24-6-7-25(37-24)35-8-10-36-11-9-35)32-28(31-20)26-22-12-19(29)15-30-27(22)34-33-26;1-16-17-4-6-18(7-5-17)21(16)13-20-14-23(24-8-9-25(36-24)35-10-2-3-11-35)32-28(31-20)26-22-12-19(29)15-30-27(22)34-33-26;1-14-15-2-4-16(5-3-15)20(14)11-19-12-22(24-9-8-23(34-24)17-6-7-17)31-27(30-19)25-21-10-18(28)13-29-26(21)33-32-25;1-13-14-3-5-15(6-4-14)21(13)28-20-10-19(16-7-8-32(2)12-16)27-24(29-20)22-18-9-17(25)11-26-23(18)31-30-22/h6-7,12,14-18,21H,2-5,8-11,13H2,1H3,(H,30,33,34);8-9,12,14-18,21H,2-7,10-11,13H2,1H3,(H,30,33,34);8-10,12-17,20H,2-7,11H2,1H3,(H,29,32,33);7-15,21H,3-6H2,1-2H3,(H,26,30,31)(H,27,28,29). The first-order valence-electron chi connectivity index (χ1n) is 50.7. The largest absolute Gasteiger partial charge is 0.459 e. The van der Waals surface area contributed by atoms with Gasteiger partial charge in [-0.2, -0.15) is 20.4 Å². The molecule has 716 valence electrons. The molecule has 15 aliphatic rings. The van der Waals surface area contributed by atoms with Crippen LogP contribution in [0.5, 0.6) is 0 Å². The van der Waals surface area contributed by atoms with Gasteiger partial charge >= 0.3 is 0 Å². The molecule has 0 amide bonds. The molecular weight excluding hydrogens is 1780 g/mol. The first-order chi connectivity index (χ1) is 67.9. The highest BCUT2D eigenvalue weighted by molar-refractivity contribution is 6.31. The summed E-state index contributed by atoms with van der Waals surface area (Å²) >= 11 is 6.22. The molecule has 2 saturated heterocycles. The molecule has 32 heteroatoms. The van der Waals surface area contributed by atoms with Crippen LogP contribution in [0.2, 0.25) is 5.02 Å². The van der Waals surface area contributed by atoms with Gasteiger partial charge in [0.25, 0.3) is 0 Å². The Bertz CT molecular complexity index is 7140. The molecule has 18 heterocycles. The lowest BCUT2D eigenvalue weighted by Gasteiger charge is -2.47. The van der Waals surface area contributed by atoms with Gasteiger partial charge in [0.15, 0.2) is 74.9 Å². The molecule has 28 nitrogen and oxygen atoms in total. The number of hydrogen-bond donors (Lipinski definition) is 5. The highest BCUT2D eigenvalue weighted by atomic mass is 35.5. The second kappa shape index (κ2) is 37.5. The van der Waals surface area contributed by atoms with Crippen LogP contribution in [0.1, 0.15) is 185 Å². The number of furan rings is 3. The molecule has 16 aromatic rings. The number of morpholine rings is 1. The minimum atomic E-state index is -0.417. The van der Waals surface area contributed by atoms with Crippen molar-refractivity contribution >= 4 is 73.3 Å². The molecule has 8 unspecified atom stereocenters. The monoisotopic (exact) mass is 1890 g/mol. The fraction of sp³-hybridized carbons (Fsp3) is 0.477. The maximum atomic E-state index is 14.1. The Morgan fingerprint density at radius 3 is 1.19 bits per heavy atom. The molecule has 16 aromatic heterocycles. The molecule has 0 spiro atoms. The smallest absolute Gasteiger partial charge is 0.196 e. The van der Waals surface area contributed by atoms with Crippen molar-refractivity contribution in [3.05, 3.63) is 173 Å². The lowest BCUT2D eigenvalue weighted by atomic mass is 9.58. The van der Waals surface area contributed by atoms with Crippen molar-refractivity contribution < 1.29 is 31.2 Å². The van der Waals surface area contributed by atoms with Gasteiger partial charge in [0.05, 0.1) is 64.1 Å². The number of aromatic amines is 4. The number of rotatable bonds is 19. The number of fused-ring (bicyclic) bond motifs is 16. The van der Waals surface area contributed by atoms with Crippen LogP contribution < -0.4 is 15.1 Å². The normalized spacial score (nSPS) is 25.7. The summed E-state index contributed by atoms with van der Waals surface area (Å²) in [7, 11) is 2.02. The van der Waals surface area contributed by atoms with E-state index in [2.05, 4.69) is 146 Å². The van der Waals surface area contributed by atoms with Crippen LogP contribution in [0.4, 0.5) is 30.8 Å². The number of pyridine rings is 4. The summed E-state index contributed by atoms with van der Waals surface area (Å²) in [5, 5.41) is 36.1. The van der Waals surface area contributed by atoms with E-state index in [4.69, 9.17) is 69.5 Å². The van der Waals surface area contributed by atoms with E-state index in [1.54, 1.807) is 6.20 Å². The van der Waals surface area contributed by atoms with E-state index < -0.39 is 17.5 Å². The topological polar surface area (TPSA) is 341 Å². The average Bonchev–Trinajstić information content (AvgIpc) is 1.74. The van der Waals surface area contributed by atoms with Crippen molar-refractivity contribution in [2.75, 3.05) is 54.5 Å². The summed E-state index contributed by atoms with van der Waals surface area (Å²) in [6.45, 7) is 14.7. The van der Waals surface area contributed by atoms with Gasteiger partial charge in [-0.25, -0.2) is 73.0 Å². The third kappa shape index (κ3) is 18.0. The predicted octanol–water partition coefficient (Wildman–Crippen LogP) is 22.9. The van der Waals surface area contributed by atoms with Crippen molar-refractivity contribution in [3.63, 3.8) is 0 Å². The van der Waals surface area contributed by atoms with Crippen LogP contribution in [0.25, 0.3) is 136 Å². The van der Waals surface area contributed by atoms with Crippen molar-refractivity contribution in [2.45, 2.75) is 187 Å². The van der Waals surface area contributed by atoms with Gasteiger partial charge < -0.3 is 37.7 Å². The maximum Gasteiger partial charge on any atom is 0.196 e. The number of H-pyrrole nitrogens is 4. The third-order valence-corrected chi connectivity index (χ3v) is 33.9. The van der Waals surface area contributed by atoms with Gasteiger partial charge in [-0.15, -0.1) is 0 Å². The minimum Gasteiger partial charge on any atom is -0.459 e. The molecule has 5 N–H and O–H groups in total. The van der Waals surface area contributed by atoms with Gasteiger partial charge in [0, 0.05) is 105 Å². The Labute approximate surface area is 807 Å². The molecule has 8 bridgehead atoms. The van der Waals surface area contributed by atoms with Gasteiger partial charge in [-0.1, -0.05) is 39.3 Å². The third-order valence-electron chi connectivity index (χ3n) is 33.7. The highest BCUT2D eigenvalue weighted by Gasteiger charge is 2.46. The summed E-state index contributed by atoms with van der Waals surface area (Å²) < 4.78 is 68.4. The fourth-order valence-corrected chi connectivity index (χ4v) is 26.0. The highest BCUT2D eigenvalue weighted by Crippen LogP contribution is 2.55. The summed E-state index contributed by atoms with van der Waals surface area (Å²) in [5.74, 6) is 18.2. The Kier molecular flexibility index (Phi) is 24.0. The van der Waals surface area contributed by atoms with Crippen molar-refractivity contribution in [1.82, 2.24) is 105 Å². The van der Waals surface area contributed by atoms with E-state index in [1.165, 1.54) is 165 Å². The zero-order valence-electron chi connectivity index (χ0n) is 79.1. The molecule has 2 aliphatic heterocycles. The number of anilines is 3. The van der Waals surface area contributed by atoms with Crippen LogP contribution in [0.3, 0.4) is 0 Å². The van der Waals surface area contributed by atoms with Crippen molar-refractivity contribution in [2.24, 2.45) is 95.8 Å². The summed E-state index contributed by atoms with van der Waals surface area (Å²) in [4.78, 5) is 60.5. The second-order valence-electron chi connectivity index (χ2n) is 41.7. The number of hydrogen-bond acceptors (Lipinski definition) is 23. The number of aromatic nitrogens is 21. The van der Waals surface area contributed by atoms with Crippen LogP contribution in [-0.4, -0.2) is 151 Å². The van der Waals surface area contributed by atoms with Crippen LogP contribution in [0, 0.1) is 106 Å². The maximum absolute atomic E-state index is 14.1. The number of nitrogens with one attached hydrogen (secondary N) is 5. The Morgan fingerprint density at radius 2 is 0.770 bits per heavy atom. The molecule has 31 rings (SSSR count). The molecule has 13 aliphatic carbocycles. The second-order valence-corrected chi connectivity index (χ2v) is 42.1. The van der Waals surface area contributed by atoms with E-state index in [0.29, 0.717) is 162 Å². The Morgan fingerprint density at radius 1 is 0.388 bits per heavy atom. The van der Waals surface area contributed by atoms with Gasteiger partial charge in [0.1, 0.15) is 68.9 Å². The predicted molar refractivity (Wildman–Crippen MR) is 526 cm³/mol. The molecule has 0 aromatic carbocycles. The molecule has 13 saturated carbocycles. The van der Waals surface area contributed by atoms with E-state index in [-0.39, 0.29) is 0 Å². The molecule has 15 fully saturated rings. The molecular formula is C107H116ClF3N24O4. The van der Waals surface area contributed by atoms with Gasteiger partial charge in [0.2, 0.25) is 0 Å². The van der Waals surface area contributed by atoms with Gasteiger partial charge in [-0.3, -0.25) is 20.4 Å². The molecule has 139 heavy (non-hydrogen) atoms. The lowest BCUT2D eigenvalue weighted by molar-refractivity contribution is 0.0339. The molecule has 0 radical (unpaired) electrons. The van der Waals surface area contributed by atoms with Crippen LogP contribution in [-0.2, 0) is 31.0 Å². The average molecular weight is 1890 g/mol. The SMILES string of the molecule is CC1C2CCC(CC2)C1Cc1cc(-c2ccc(C3CC3)o2)nc(-c2[nH]nc3ncc(F)cc23)n1.CC1C2CCC(CC2)C1Cc1cc(-c2ccc(N3CCCC3)o2)nc(-c2[nH]nc3ncc(F)cc23)n1.CC1C2CCC(CC2)C1Cc1cc(-c2ccc(N3CCOCC3)o2)nc(-c2[nH]nc3ncc(F)cc23)n1.CC1C2CCC(CC2)C1Nc1cc(-c2ccn(C)c2)nc(-c2[nH]nc3ncc(Cl)cc23)n1. The number of halogens is 4. The zero-order valence-corrected chi connectivity index (χ0v) is 79.8.